The largest absolute Gasteiger partial charge is 0.332 e. The Bertz CT molecular complexity index is 480. The molecule has 0 saturated carbocycles. The highest BCUT2D eigenvalue weighted by Crippen LogP contribution is 2.13. The molecule has 1 aromatic carbocycles. The Labute approximate surface area is 104 Å². The van der Waals surface area contributed by atoms with Crippen molar-refractivity contribution in [3.8, 4) is 0 Å². The van der Waals surface area contributed by atoms with Gasteiger partial charge in [-0.15, -0.1) is 11.3 Å². The van der Waals surface area contributed by atoms with Crippen molar-refractivity contribution in [2.75, 3.05) is 10.6 Å². The van der Waals surface area contributed by atoms with Crippen LogP contribution in [0.1, 0.15) is 5.56 Å². The predicted molar refractivity (Wildman–Crippen MR) is 73.1 cm³/mol. The molecule has 0 fully saturated rings. The van der Waals surface area contributed by atoms with Gasteiger partial charge in [0, 0.05) is 17.3 Å². The first-order chi connectivity index (χ1) is 7.74. The SMILES string of the molecule is Cc1cccc(NC(=S)Nc2nccs2)c1. The van der Waals surface area contributed by atoms with Gasteiger partial charge in [-0.05, 0) is 36.8 Å². The maximum absolute atomic E-state index is 5.17. The summed E-state index contributed by atoms with van der Waals surface area (Å²) in [7, 11) is 0. The van der Waals surface area contributed by atoms with Crippen LogP contribution in [0.3, 0.4) is 0 Å². The number of thiazole rings is 1. The van der Waals surface area contributed by atoms with Crippen LogP contribution in [-0.2, 0) is 0 Å². The molecular formula is C11H11N3S2. The molecule has 0 aliphatic rings. The fourth-order valence-corrected chi connectivity index (χ4v) is 2.08. The minimum absolute atomic E-state index is 0.556. The summed E-state index contributed by atoms with van der Waals surface area (Å²) in [5.41, 5.74) is 2.18. The number of thiocarbonyl (C=S) groups is 1. The molecule has 0 bridgehead atoms. The molecule has 0 unspecified atom stereocenters. The van der Waals surface area contributed by atoms with E-state index in [-0.39, 0.29) is 0 Å². The highest BCUT2D eigenvalue weighted by atomic mass is 32.1. The zero-order chi connectivity index (χ0) is 11.4. The van der Waals surface area contributed by atoms with Crippen LogP contribution in [0, 0.1) is 6.92 Å². The first-order valence-electron chi connectivity index (χ1n) is 4.78. The first kappa shape index (κ1) is 11.0. The Hall–Kier alpha value is -1.46. The maximum Gasteiger partial charge on any atom is 0.188 e. The van der Waals surface area contributed by atoms with Crippen LogP contribution in [0.5, 0.6) is 0 Å². The van der Waals surface area contributed by atoms with Crippen molar-refractivity contribution in [2.45, 2.75) is 6.92 Å². The van der Waals surface area contributed by atoms with Gasteiger partial charge in [-0.3, -0.25) is 0 Å². The molecule has 2 rings (SSSR count). The molecule has 0 amide bonds. The van der Waals surface area contributed by atoms with Gasteiger partial charge in [-0.2, -0.15) is 0 Å². The quantitative estimate of drug-likeness (QED) is 0.801. The van der Waals surface area contributed by atoms with Crippen LogP contribution < -0.4 is 10.6 Å². The van der Waals surface area contributed by atoms with Crippen molar-refractivity contribution in [3.63, 3.8) is 0 Å². The standard InChI is InChI=1S/C11H11N3S2/c1-8-3-2-4-9(7-8)13-10(15)14-11-12-5-6-16-11/h2-7H,1H3,(H2,12,13,14,15). The van der Waals surface area contributed by atoms with Gasteiger partial charge < -0.3 is 10.6 Å². The van der Waals surface area contributed by atoms with Gasteiger partial charge in [-0.25, -0.2) is 4.98 Å². The number of benzene rings is 1. The second-order valence-electron chi connectivity index (χ2n) is 3.29. The third-order valence-corrected chi connectivity index (χ3v) is 2.82. The Balaban J connectivity index is 1.97. The van der Waals surface area contributed by atoms with Crippen molar-refractivity contribution in [1.82, 2.24) is 4.98 Å². The van der Waals surface area contributed by atoms with Crippen LogP contribution in [0.15, 0.2) is 35.8 Å². The summed E-state index contributed by atoms with van der Waals surface area (Å²) in [4.78, 5) is 4.10. The molecule has 1 heterocycles. The van der Waals surface area contributed by atoms with Gasteiger partial charge in [0.15, 0.2) is 10.2 Å². The van der Waals surface area contributed by atoms with Crippen molar-refractivity contribution in [3.05, 3.63) is 41.4 Å². The van der Waals surface area contributed by atoms with E-state index in [4.69, 9.17) is 12.2 Å². The van der Waals surface area contributed by atoms with Gasteiger partial charge in [0.05, 0.1) is 0 Å². The molecule has 1 aromatic heterocycles. The predicted octanol–water partition coefficient (Wildman–Crippen LogP) is 3.26. The van der Waals surface area contributed by atoms with Crippen molar-refractivity contribution >= 4 is 39.5 Å². The monoisotopic (exact) mass is 249 g/mol. The number of rotatable bonds is 2. The zero-order valence-corrected chi connectivity index (χ0v) is 10.4. The van der Waals surface area contributed by atoms with E-state index >= 15 is 0 Å². The first-order valence-corrected chi connectivity index (χ1v) is 6.07. The Morgan fingerprint density at radius 2 is 2.25 bits per heavy atom. The summed E-state index contributed by atoms with van der Waals surface area (Å²) >= 11 is 6.69. The van der Waals surface area contributed by atoms with Crippen LogP contribution in [-0.4, -0.2) is 10.1 Å². The average molecular weight is 249 g/mol. The fraction of sp³-hybridized carbons (Fsp3) is 0.0909. The molecule has 0 atom stereocenters. The van der Waals surface area contributed by atoms with Gasteiger partial charge in [0.2, 0.25) is 0 Å². The lowest BCUT2D eigenvalue weighted by atomic mass is 10.2. The Morgan fingerprint density at radius 3 is 2.94 bits per heavy atom. The second kappa shape index (κ2) is 5.05. The summed E-state index contributed by atoms with van der Waals surface area (Å²) in [5.74, 6) is 0. The normalized spacial score (nSPS) is 9.81. The Kier molecular flexibility index (Phi) is 3.48. The molecule has 2 aromatic rings. The minimum Gasteiger partial charge on any atom is -0.332 e. The fourth-order valence-electron chi connectivity index (χ4n) is 1.27. The van der Waals surface area contributed by atoms with E-state index in [9.17, 15) is 0 Å². The lowest BCUT2D eigenvalue weighted by Crippen LogP contribution is -2.18. The molecule has 2 N–H and O–H groups in total. The summed E-state index contributed by atoms with van der Waals surface area (Å²) in [6, 6.07) is 8.05. The van der Waals surface area contributed by atoms with Crippen molar-refractivity contribution < 1.29 is 0 Å². The highest BCUT2D eigenvalue weighted by Gasteiger charge is 2.00. The third-order valence-electron chi connectivity index (χ3n) is 1.93. The lowest BCUT2D eigenvalue weighted by molar-refractivity contribution is 1.41. The van der Waals surface area contributed by atoms with Crippen LogP contribution in [0.4, 0.5) is 10.8 Å². The summed E-state index contributed by atoms with van der Waals surface area (Å²) < 4.78 is 0. The maximum atomic E-state index is 5.17. The molecule has 0 saturated heterocycles. The third kappa shape index (κ3) is 3.01. The molecule has 0 aliphatic heterocycles. The molecule has 0 radical (unpaired) electrons. The zero-order valence-electron chi connectivity index (χ0n) is 8.73. The molecule has 0 spiro atoms. The molecule has 5 heteroatoms. The number of nitrogens with one attached hydrogen (secondary N) is 2. The smallest absolute Gasteiger partial charge is 0.188 e. The van der Waals surface area contributed by atoms with Crippen LogP contribution >= 0.6 is 23.6 Å². The summed E-state index contributed by atoms with van der Waals surface area (Å²) in [6.07, 6.45) is 1.74. The van der Waals surface area contributed by atoms with E-state index in [2.05, 4.69) is 15.6 Å². The highest BCUT2D eigenvalue weighted by molar-refractivity contribution is 7.80. The van der Waals surface area contributed by atoms with Crippen molar-refractivity contribution in [2.24, 2.45) is 0 Å². The number of anilines is 2. The van der Waals surface area contributed by atoms with E-state index in [0.717, 1.165) is 10.8 Å². The number of hydrogen-bond donors (Lipinski definition) is 2. The van der Waals surface area contributed by atoms with Crippen molar-refractivity contribution in [1.29, 1.82) is 0 Å². The molecule has 0 aliphatic carbocycles. The average Bonchev–Trinajstić information content (AvgIpc) is 2.70. The number of aryl methyl sites for hydroxylation is 1. The van der Waals surface area contributed by atoms with Gasteiger partial charge in [0.25, 0.3) is 0 Å². The van der Waals surface area contributed by atoms with Gasteiger partial charge in [-0.1, -0.05) is 12.1 Å². The van der Waals surface area contributed by atoms with E-state index in [0.29, 0.717) is 5.11 Å². The second-order valence-corrected chi connectivity index (χ2v) is 4.59. The summed E-state index contributed by atoms with van der Waals surface area (Å²) in [5, 5.41) is 9.38. The molecular weight excluding hydrogens is 238 g/mol. The number of nitrogens with zero attached hydrogens (tertiary/aromatic N) is 1. The van der Waals surface area contributed by atoms with Gasteiger partial charge >= 0.3 is 0 Å². The lowest BCUT2D eigenvalue weighted by Gasteiger charge is -2.08. The topological polar surface area (TPSA) is 37.0 Å². The van der Waals surface area contributed by atoms with E-state index in [1.54, 1.807) is 6.20 Å². The minimum atomic E-state index is 0.556. The Morgan fingerprint density at radius 1 is 1.38 bits per heavy atom. The molecule has 16 heavy (non-hydrogen) atoms. The van der Waals surface area contributed by atoms with Gasteiger partial charge in [0.1, 0.15) is 0 Å². The van der Waals surface area contributed by atoms with E-state index < -0.39 is 0 Å². The summed E-state index contributed by atoms with van der Waals surface area (Å²) in [6.45, 7) is 2.04. The van der Waals surface area contributed by atoms with Crippen LogP contribution in [0.25, 0.3) is 0 Å². The van der Waals surface area contributed by atoms with E-state index in [1.165, 1.54) is 16.9 Å². The van der Waals surface area contributed by atoms with Crippen LogP contribution in [0.2, 0.25) is 0 Å². The molecule has 82 valence electrons. The number of hydrogen-bond acceptors (Lipinski definition) is 3. The molecule has 3 nitrogen and oxygen atoms in total. The number of aromatic nitrogens is 1. The van der Waals surface area contributed by atoms with E-state index in [1.807, 2.05) is 36.6 Å².